The lowest BCUT2D eigenvalue weighted by Gasteiger charge is -2.19. The monoisotopic (exact) mass is 260 g/mol. The maximum absolute atomic E-state index is 6.21. The number of rotatable bonds is 3. The topological polar surface area (TPSA) is 16.1 Å². The van der Waals surface area contributed by atoms with Gasteiger partial charge in [0.2, 0.25) is 0 Å². The van der Waals surface area contributed by atoms with E-state index in [0.717, 1.165) is 17.9 Å². The van der Waals surface area contributed by atoms with E-state index < -0.39 is 0 Å². The molecule has 0 radical (unpaired) electrons. The second kappa shape index (κ2) is 5.40. The summed E-state index contributed by atoms with van der Waals surface area (Å²) in [7, 11) is 2.00. The van der Waals surface area contributed by atoms with Crippen molar-refractivity contribution in [3.8, 4) is 0 Å². The molecule has 0 atom stereocenters. The third kappa shape index (κ3) is 3.02. The van der Waals surface area contributed by atoms with Gasteiger partial charge in [-0.1, -0.05) is 41.4 Å². The third-order valence-corrected chi connectivity index (χ3v) is 3.14. The molecule has 0 amide bonds. The lowest BCUT2D eigenvalue weighted by atomic mass is 10.1. The van der Waals surface area contributed by atoms with Crippen LogP contribution >= 0.6 is 11.6 Å². The Kier molecular flexibility index (Phi) is 3.87. The van der Waals surface area contributed by atoms with Crippen molar-refractivity contribution >= 4 is 17.4 Å². The number of aromatic nitrogens is 1. The second-order valence-electron chi connectivity index (χ2n) is 4.66. The SMILES string of the molecule is Cc1ccc(CN(C)c2ncc(C)cc2Cl)cc1. The van der Waals surface area contributed by atoms with E-state index >= 15 is 0 Å². The van der Waals surface area contributed by atoms with Crippen LogP contribution in [0.15, 0.2) is 36.5 Å². The predicted molar refractivity (Wildman–Crippen MR) is 77.3 cm³/mol. The summed E-state index contributed by atoms with van der Waals surface area (Å²) in [6, 6.07) is 10.4. The van der Waals surface area contributed by atoms with Crippen molar-refractivity contribution < 1.29 is 0 Å². The first-order valence-electron chi connectivity index (χ1n) is 5.95. The summed E-state index contributed by atoms with van der Waals surface area (Å²) < 4.78 is 0. The van der Waals surface area contributed by atoms with Crippen LogP contribution in [0.2, 0.25) is 5.02 Å². The van der Waals surface area contributed by atoms with Gasteiger partial charge >= 0.3 is 0 Å². The maximum Gasteiger partial charge on any atom is 0.147 e. The third-order valence-electron chi connectivity index (χ3n) is 2.86. The summed E-state index contributed by atoms with van der Waals surface area (Å²) in [5, 5.41) is 0.699. The van der Waals surface area contributed by atoms with Crippen LogP contribution in [0.5, 0.6) is 0 Å². The number of hydrogen-bond donors (Lipinski definition) is 0. The van der Waals surface area contributed by atoms with Crippen LogP contribution in [0, 0.1) is 13.8 Å². The average Bonchev–Trinajstić information content (AvgIpc) is 2.32. The van der Waals surface area contributed by atoms with Gasteiger partial charge in [-0.3, -0.25) is 0 Å². The first-order chi connectivity index (χ1) is 8.56. The molecule has 1 aromatic heterocycles. The van der Waals surface area contributed by atoms with Gasteiger partial charge in [0.25, 0.3) is 0 Å². The van der Waals surface area contributed by atoms with Crippen molar-refractivity contribution in [3.63, 3.8) is 0 Å². The summed E-state index contributed by atoms with van der Waals surface area (Å²) in [5.74, 6) is 0.822. The first-order valence-corrected chi connectivity index (χ1v) is 6.33. The number of hydrogen-bond acceptors (Lipinski definition) is 2. The minimum absolute atomic E-state index is 0.699. The van der Waals surface area contributed by atoms with Gasteiger partial charge in [-0.2, -0.15) is 0 Å². The zero-order valence-electron chi connectivity index (χ0n) is 10.9. The zero-order chi connectivity index (χ0) is 13.1. The van der Waals surface area contributed by atoms with Gasteiger partial charge in [0.1, 0.15) is 5.82 Å². The zero-order valence-corrected chi connectivity index (χ0v) is 11.7. The molecular formula is C15H17ClN2. The Hall–Kier alpha value is -1.54. The molecule has 1 heterocycles. The van der Waals surface area contributed by atoms with Crippen LogP contribution in [0.3, 0.4) is 0 Å². The molecule has 0 aliphatic carbocycles. The fourth-order valence-electron chi connectivity index (χ4n) is 1.85. The fourth-order valence-corrected chi connectivity index (χ4v) is 2.21. The van der Waals surface area contributed by atoms with Crippen molar-refractivity contribution in [1.82, 2.24) is 4.98 Å². The minimum atomic E-state index is 0.699. The largest absolute Gasteiger partial charge is 0.354 e. The van der Waals surface area contributed by atoms with E-state index in [1.165, 1.54) is 11.1 Å². The first kappa shape index (κ1) is 12.9. The number of halogens is 1. The van der Waals surface area contributed by atoms with Crippen molar-refractivity contribution in [3.05, 3.63) is 58.2 Å². The van der Waals surface area contributed by atoms with Gasteiger partial charge in [-0.05, 0) is 31.0 Å². The highest BCUT2D eigenvalue weighted by atomic mass is 35.5. The molecule has 0 bridgehead atoms. The molecule has 3 heteroatoms. The van der Waals surface area contributed by atoms with E-state index in [2.05, 4.69) is 41.1 Å². The molecule has 0 saturated carbocycles. The Balaban J connectivity index is 2.16. The van der Waals surface area contributed by atoms with Crippen LogP contribution in [0.4, 0.5) is 5.82 Å². The standard InChI is InChI=1S/C15H17ClN2/c1-11-4-6-13(7-5-11)10-18(3)15-14(16)8-12(2)9-17-15/h4-9H,10H2,1-3H3. The van der Waals surface area contributed by atoms with Crippen molar-refractivity contribution in [1.29, 1.82) is 0 Å². The van der Waals surface area contributed by atoms with E-state index in [-0.39, 0.29) is 0 Å². The predicted octanol–water partition coefficient (Wildman–Crippen LogP) is 3.99. The van der Waals surface area contributed by atoms with Gasteiger partial charge in [0.05, 0.1) is 5.02 Å². The van der Waals surface area contributed by atoms with E-state index in [1.54, 1.807) is 0 Å². The Morgan fingerprint density at radius 2 is 1.78 bits per heavy atom. The smallest absolute Gasteiger partial charge is 0.147 e. The van der Waals surface area contributed by atoms with Crippen LogP contribution in [0.25, 0.3) is 0 Å². The van der Waals surface area contributed by atoms with Crippen LogP contribution in [0.1, 0.15) is 16.7 Å². The number of benzene rings is 1. The molecule has 0 spiro atoms. The van der Waals surface area contributed by atoms with Crippen LogP contribution in [-0.2, 0) is 6.54 Å². The molecule has 2 aromatic rings. The number of aryl methyl sites for hydroxylation is 2. The molecule has 94 valence electrons. The molecular weight excluding hydrogens is 244 g/mol. The highest BCUT2D eigenvalue weighted by Crippen LogP contribution is 2.24. The maximum atomic E-state index is 6.21. The number of pyridine rings is 1. The number of anilines is 1. The molecule has 0 N–H and O–H groups in total. The fraction of sp³-hybridized carbons (Fsp3) is 0.267. The molecule has 2 rings (SSSR count). The Morgan fingerprint density at radius 3 is 2.39 bits per heavy atom. The molecule has 0 unspecified atom stereocenters. The summed E-state index contributed by atoms with van der Waals surface area (Å²) in [6.07, 6.45) is 1.84. The van der Waals surface area contributed by atoms with E-state index in [9.17, 15) is 0 Å². The molecule has 0 fully saturated rings. The average molecular weight is 261 g/mol. The Morgan fingerprint density at radius 1 is 1.11 bits per heavy atom. The minimum Gasteiger partial charge on any atom is -0.354 e. The molecule has 18 heavy (non-hydrogen) atoms. The quantitative estimate of drug-likeness (QED) is 0.830. The Labute approximate surface area is 113 Å². The normalized spacial score (nSPS) is 10.4. The van der Waals surface area contributed by atoms with E-state index in [1.807, 2.05) is 26.2 Å². The summed E-state index contributed by atoms with van der Waals surface area (Å²) in [4.78, 5) is 6.45. The molecule has 0 saturated heterocycles. The summed E-state index contributed by atoms with van der Waals surface area (Å²) >= 11 is 6.21. The van der Waals surface area contributed by atoms with Crippen molar-refractivity contribution in [2.45, 2.75) is 20.4 Å². The number of nitrogens with zero attached hydrogens (tertiary/aromatic N) is 2. The highest BCUT2D eigenvalue weighted by molar-refractivity contribution is 6.33. The van der Waals surface area contributed by atoms with Crippen molar-refractivity contribution in [2.24, 2.45) is 0 Å². The van der Waals surface area contributed by atoms with Crippen LogP contribution in [-0.4, -0.2) is 12.0 Å². The van der Waals surface area contributed by atoms with E-state index in [4.69, 9.17) is 11.6 Å². The van der Waals surface area contributed by atoms with Gasteiger partial charge in [-0.15, -0.1) is 0 Å². The van der Waals surface area contributed by atoms with Crippen molar-refractivity contribution in [2.75, 3.05) is 11.9 Å². The second-order valence-corrected chi connectivity index (χ2v) is 5.07. The molecule has 2 nitrogen and oxygen atoms in total. The van der Waals surface area contributed by atoms with E-state index in [0.29, 0.717) is 5.02 Å². The molecule has 1 aromatic carbocycles. The van der Waals surface area contributed by atoms with Gasteiger partial charge < -0.3 is 4.90 Å². The highest BCUT2D eigenvalue weighted by Gasteiger charge is 2.08. The summed E-state index contributed by atoms with van der Waals surface area (Å²) in [6.45, 7) is 4.88. The molecule has 0 aliphatic rings. The van der Waals surface area contributed by atoms with Gasteiger partial charge in [0, 0.05) is 19.8 Å². The Bertz CT molecular complexity index is 535. The van der Waals surface area contributed by atoms with Crippen LogP contribution < -0.4 is 4.90 Å². The lowest BCUT2D eigenvalue weighted by molar-refractivity contribution is 0.896. The van der Waals surface area contributed by atoms with Gasteiger partial charge in [0.15, 0.2) is 0 Å². The van der Waals surface area contributed by atoms with Gasteiger partial charge in [-0.25, -0.2) is 4.98 Å². The lowest BCUT2D eigenvalue weighted by Crippen LogP contribution is -2.18. The molecule has 0 aliphatic heterocycles. The summed E-state index contributed by atoms with van der Waals surface area (Å²) in [5.41, 5.74) is 3.60.